The third kappa shape index (κ3) is 3.72. The molecule has 1 aliphatic rings. The first-order valence-electron chi connectivity index (χ1n) is 6.98. The van der Waals surface area contributed by atoms with Gasteiger partial charge in [0.05, 0.1) is 17.2 Å². The van der Waals surface area contributed by atoms with Crippen molar-refractivity contribution in [2.24, 2.45) is 0 Å². The minimum atomic E-state index is -1.01. The van der Waals surface area contributed by atoms with Crippen LogP contribution in [0.3, 0.4) is 0 Å². The molecule has 20 heavy (non-hydrogen) atoms. The van der Waals surface area contributed by atoms with Crippen LogP contribution in [0.15, 0.2) is 18.2 Å². The number of halogens is 1. The maximum Gasteiger partial charge on any atom is 0.337 e. The lowest BCUT2D eigenvalue weighted by Gasteiger charge is -2.28. The lowest BCUT2D eigenvalue weighted by molar-refractivity contribution is 0.0697. The van der Waals surface area contributed by atoms with Gasteiger partial charge in [-0.1, -0.05) is 30.5 Å². The molecule has 1 aliphatic heterocycles. The van der Waals surface area contributed by atoms with Gasteiger partial charge < -0.3 is 10.2 Å². The van der Waals surface area contributed by atoms with Gasteiger partial charge in [0.25, 0.3) is 0 Å². The molecule has 0 bridgehead atoms. The van der Waals surface area contributed by atoms with Crippen LogP contribution in [-0.2, 0) is 6.54 Å². The molecule has 0 amide bonds. The number of benzene rings is 1. The van der Waals surface area contributed by atoms with Crippen molar-refractivity contribution < 1.29 is 15.0 Å². The zero-order valence-corrected chi connectivity index (χ0v) is 12.1. The molecule has 0 saturated carbocycles. The fourth-order valence-electron chi connectivity index (χ4n) is 2.72. The van der Waals surface area contributed by atoms with Gasteiger partial charge in [0, 0.05) is 12.6 Å². The molecule has 1 saturated heterocycles. The monoisotopic (exact) mass is 297 g/mol. The van der Waals surface area contributed by atoms with Crippen molar-refractivity contribution in [2.75, 3.05) is 13.2 Å². The van der Waals surface area contributed by atoms with E-state index in [2.05, 4.69) is 4.90 Å². The van der Waals surface area contributed by atoms with E-state index in [-0.39, 0.29) is 23.2 Å². The Balaban J connectivity index is 2.11. The van der Waals surface area contributed by atoms with E-state index in [4.69, 9.17) is 16.7 Å². The number of hydrogen-bond donors (Lipinski definition) is 2. The average Bonchev–Trinajstić information content (AvgIpc) is 2.63. The second-order valence-electron chi connectivity index (χ2n) is 5.28. The molecule has 2 N–H and O–H groups in total. The van der Waals surface area contributed by atoms with Gasteiger partial charge in [-0.15, -0.1) is 0 Å². The number of carboxylic acids is 1. The molecule has 1 atom stereocenters. The van der Waals surface area contributed by atoms with Crippen molar-refractivity contribution in [3.63, 3.8) is 0 Å². The highest BCUT2D eigenvalue weighted by atomic mass is 35.5. The highest BCUT2D eigenvalue weighted by Crippen LogP contribution is 2.22. The van der Waals surface area contributed by atoms with E-state index in [0.717, 1.165) is 31.4 Å². The number of likely N-dealkylation sites (tertiary alicyclic amines) is 1. The van der Waals surface area contributed by atoms with Gasteiger partial charge in [-0.05, 0) is 37.1 Å². The zero-order valence-electron chi connectivity index (χ0n) is 11.4. The molecule has 1 aromatic carbocycles. The predicted octanol–water partition coefficient (Wildman–Crippen LogP) is 2.78. The van der Waals surface area contributed by atoms with Crippen LogP contribution in [-0.4, -0.2) is 40.3 Å². The van der Waals surface area contributed by atoms with Crippen LogP contribution in [0.1, 0.15) is 41.6 Å². The van der Waals surface area contributed by atoms with Crippen LogP contribution < -0.4 is 0 Å². The SMILES string of the molecule is O=C(O)c1ccc(CN2CCCCCC2CO)cc1Cl. The number of aliphatic hydroxyl groups excluding tert-OH is 1. The third-order valence-electron chi connectivity index (χ3n) is 3.86. The lowest BCUT2D eigenvalue weighted by Crippen LogP contribution is -2.36. The maximum atomic E-state index is 10.9. The van der Waals surface area contributed by atoms with Crippen LogP contribution in [0.4, 0.5) is 0 Å². The largest absolute Gasteiger partial charge is 0.478 e. The fourth-order valence-corrected chi connectivity index (χ4v) is 3.00. The summed E-state index contributed by atoms with van der Waals surface area (Å²) in [4.78, 5) is 13.2. The van der Waals surface area contributed by atoms with E-state index in [9.17, 15) is 9.90 Å². The van der Waals surface area contributed by atoms with Crippen LogP contribution in [0, 0.1) is 0 Å². The molecular formula is C15H20ClNO3. The van der Waals surface area contributed by atoms with Crippen LogP contribution in [0.5, 0.6) is 0 Å². The van der Waals surface area contributed by atoms with Gasteiger partial charge in [-0.3, -0.25) is 4.90 Å². The molecule has 1 heterocycles. The number of rotatable bonds is 4. The van der Waals surface area contributed by atoms with Gasteiger partial charge in [0.2, 0.25) is 0 Å². The molecule has 1 aromatic rings. The first kappa shape index (κ1) is 15.3. The van der Waals surface area contributed by atoms with Crippen LogP contribution in [0.25, 0.3) is 0 Å². The Labute approximate surface area is 124 Å². The maximum absolute atomic E-state index is 10.9. The van der Waals surface area contributed by atoms with Crippen molar-refractivity contribution in [1.29, 1.82) is 0 Å². The van der Waals surface area contributed by atoms with Crippen molar-refractivity contribution in [2.45, 2.75) is 38.3 Å². The van der Waals surface area contributed by atoms with Gasteiger partial charge >= 0.3 is 5.97 Å². The summed E-state index contributed by atoms with van der Waals surface area (Å²) in [5, 5.41) is 18.7. The summed E-state index contributed by atoms with van der Waals surface area (Å²) in [7, 11) is 0. The normalized spacial score (nSPS) is 20.6. The second-order valence-corrected chi connectivity index (χ2v) is 5.68. The van der Waals surface area contributed by atoms with Crippen molar-refractivity contribution in [3.05, 3.63) is 34.3 Å². The molecule has 0 aliphatic carbocycles. The number of carboxylic acid groups (broad SMARTS) is 1. The number of aromatic carboxylic acids is 1. The Hall–Kier alpha value is -1.10. The second kappa shape index (κ2) is 7.07. The standard InChI is InChI=1S/C15H20ClNO3/c16-14-8-11(5-6-13(14)15(19)20)9-17-7-3-1-2-4-12(17)10-18/h5-6,8,12,18H,1-4,7,9-10H2,(H,19,20). The van der Waals surface area contributed by atoms with Gasteiger partial charge in [0.1, 0.15) is 0 Å². The molecule has 0 aromatic heterocycles. The first-order chi connectivity index (χ1) is 9.61. The Morgan fingerprint density at radius 2 is 2.15 bits per heavy atom. The summed E-state index contributed by atoms with van der Waals surface area (Å²) in [5.41, 5.74) is 1.12. The highest BCUT2D eigenvalue weighted by Gasteiger charge is 2.20. The van der Waals surface area contributed by atoms with E-state index in [1.165, 1.54) is 6.42 Å². The first-order valence-corrected chi connectivity index (χ1v) is 7.36. The molecule has 0 spiro atoms. The third-order valence-corrected chi connectivity index (χ3v) is 4.17. The molecular weight excluding hydrogens is 278 g/mol. The molecule has 0 radical (unpaired) electrons. The summed E-state index contributed by atoms with van der Waals surface area (Å²) in [5.74, 6) is -1.01. The van der Waals surface area contributed by atoms with E-state index >= 15 is 0 Å². The molecule has 4 nitrogen and oxygen atoms in total. The molecule has 1 fully saturated rings. The van der Waals surface area contributed by atoms with E-state index < -0.39 is 5.97 Å². The summed E-state index contributed by atoms with van der Waals surface area (Å²) >= 11 is 6.00. The Morgan fingerprint density at radius 3 is 2.80 bits per heavy atom. The van der Waals surface area contributed by atoms with E-state index in [0.29, 0.717) is 6.54 Å². The van der Waals surface area contributed by atoms with Gasteiger partial charge in [-0.2, -0.15) is 0 Å². The minimum Gasteiger partial charge on any atom is -0.478 e. The smallest absolute Gasteiger partial charge is 0.337 e. The number of nitrogens with zero attached hydrogens (tertiary/aromatic N) is 1. The Kier molecular flexibility index (Phi) is 5.40. The topological polar surface area (TPSA) is 60.8 Å². The van der Waals surface area contributed by atoms with Crippen molar-refractivity contribution >= 4 is 17.6 Å². The number of aliphatic hydroxyl groups is 1. The molecule has 110 valence electrons. The average molecular weight is 298 g/mol. The quantitative estimate of drug-likeness (QED) is 0.897. The summed E-state index contributed by atoms with van der Waals surface area (Å²) in [6.45, 7) is 1.83. The van der Waals surface area contributed by atoms with Crippen molar-refractivity contribution in [3.8, 4) is 0 Å². The summed E-state index contributed by atoms with van der Waals surface area (Å²) in [6, 6.07) is 5.25. The summed E-state index contributed by atoms with van der Waals surface area (Å²) < 4.78 is 0. The number of carbonyl (C=O) groups is 1. The Morgan fingerprint density at radius 1 is 1.35 bits per heavy atom. The van der Waals surface area contributed by atoms with Crippen LogP contribution in [0.2, 0.25) is 5.02 Å². The Bertz CT molecular complexity index is 478. The fraction of sp³-hybridized carbons (Fsp3) is 0.533. The van der Waals surface area contributed by atoms with E-state index in [1.54, 1.807) is 18.2 Å². The van der Waals surface area contributed by atoms with E-state index in [1.807, 2.05) is 0 Å². The molecule has 5 heteroatoms. The summed E-state index contributed by atoms with van der Waals surface area (Å²) in [6.07, 6.45) is 4.50. The lowest BCUT2D eigenvalue weighted by atomic mass is 10.1. The molecule has 1 unspecified atom stereocenters. The zero-order chi connectivity index (χ0) is 14.5. The van der Waals surface area contributed by atoms with Crippen molar-refractivity contribution in [1.82, 2.24) is 4.90 Å². The van der Waals surface area contributed by atoms with Gasteiger partial charge in [0.15, 0.2) is 0 Å². The highest BCUT2D eigenvalue weighted by molar-refractivity contribution is 6.33. The predicted molar refractivity (Wildman–Crippen MR) is 78.2 cm³/mol. The minimum absolute atomic E-state index is 0.130. The number of hydrogen-bond acceptors (Lipinski definition) is 3. The van der Waals surface area contributed by atoms with Gasteiger partial charge in [-0.25, -0.2) is 4.79 Å². The molecule has 2 rings (SSSR count). The van der Waals surface area contributed by atoms with Crippen LogP contribution >= 0.6 is 11.6 Å².